The van der Waals surface area contributed by atoms with E-state index in [-0.39, 0.29) is 23.8 Å². The Bertz CT molecular complexity index is 1410. The minimum atomic E-state index is -3.28. The van der Waals surface area contributed by atoms with Gasteiger partial charge in [0.1, 0.15) is 11.5 Å². The van der Waals surface area contributed by atoms with Crippen molar-refractivity contribution in [1.29, 1.82) is 0 Å². The number of fused-ring (bicyclic) bond motifs is 3. The third-order valence-corrected chi connectivity index (χ3v) is 6.08. The number of hydrogen-bond donors (Lipinski definition) is 1. The number of pyridine rings is 1. The molecule has 2 aromatic carbocycles. The maximum atomic E-state index is 12.4. The minimum absolute atomic E-state index is 0.184. The van der Waals surface area contributed by atoms with E-state index in [1.54, 1.807) is 38.4 Å². The van der Waals surface area contributed by atoms with Gasteiger partial charge in [0.25, 0.3) is 0 Å². The lowest BCUT2D eigenvalue weighted by atomic mass is 10.1. The summed E-state index contributed by atoms with van der Waals surface area (Å²) in [7, 11) is -1.73. The summed E-state index contributed by atoms with van der Waals surface area (Å²) in [5.41, 5.74) is 2.45. The zero-order valence-electron chi connectivity index (χ0n) is 17.8. The third-order valence-electron chi connectivity index (χ3n) is 4.95. The number of nitrogens with zero attached hydrogens (tertiary/aromatic N) is 1. The molecule has 0 unspecified atom stereocenters. The zero-order chi connectivity index (χ0) is 22.9. The van der Waals surface area contributed by atoms with Gasteiger partial charge >= 0.3 is 5.97 Å². The number of sulfone groups is 1. The van der Waals surface area contributed by atoms with Crippen LogP contribution in [0.1, 0.15) is 23.0 Å². The molecule has 0 radical (unpaired) electrons. The van der Waals surface area contributed by atoms with Crippen LogP contribution in [0.4, 0.5) is 0 Å². The molecule has 9 heteroatoms. The second-order valence-corrected chi connectivity index (χ2v) is 9.22. The lowest BCUT2D eigenvalue weighted by molar-refractivity contribution is 0.0514. The first kappa shape index (κ1) is 21.8. The van der Waals surface area contributed by atoms with Crippen LogP contribution in [-0.2, 0) is 25.9 Å². The normalized spacial score (nSPS) is 11.7. The Kier molecular flexibility index (Phi) is 5.86. The molecule has 0 fully saturated rings. The first-order valence-corrected chi connectivity index (χ1v) is 11.8. The molecule has 0 bridgehead atoms. The lowest BCUT2D eigenvalue weighted by Gasteiger charge is -2.10. The Hall–Kier alpha value is -3.43. The molecule has 32 heavy (non-hydrogen) atoms. The first-order valence-electron chi connectivity index (χ1n) is 9.89. The van der Waals surface area contributed by atoms with Gasteiger partial charge in [0, 0.05) is 35.2 Å². The lowest BCUT2D eigenvalue weighted by Crippen LogP contribution is -2.11. The van der Waals surface area contributed by atoms with Crippen molar-refractivity contribution in [3.63, 3.8) is 0 Å². The maximum Gasteiger partial charge on any atom is 0.357 e. The molecule has 4 aromatic rings. The quantitative estimate of drug-likeness (QED) is 0.416. The molecule has 166 valence electrons. The van der Waals surface area contributed by atoms with Crippen LogP contribution < -0.4 is 4.74 Å². The molecule has 0 aliphatic carbocycles. The molecule has 0 amide bonds. The van der Waals surface area contributed by atoms with Crippen LogP contribution in [0.15, 0.2) is 53.6 Å². The van der Waals surface area contributed by atoms with Gasteiger partial charge in [-0.05, 0) is 49.4 Å². The second kappa shape index (κ2) is 8.60. The van der Waals surface area contributed by atoms with E-state index in [4.69, 9.17) is 14.2 Å². The third kappa shape index (κ3) is 4.17. The van der Waals surface area contributed by atoms with Gasteiger partial charge in [0.15, 0.2) is 15.5 Å². The van der Waals surface area contributed by atoms with Crippen molar-refractivity contribution in [3.8, 4) is 11.5 Å². The van der Waals surface area contributed by atoms with Crippen molar-refractivity contribution < 1.29 is 27.4 Å². The average molecular weight is 455 g/mol. The number of nitrogens with one attached hydrogen (secondary N) is 1. The van der Waals surface area contributed by atoms with Gasteiger partial charge in [-0.2, -0.15) is 0 Å². The molecule has 8 nitrogen and oxygen atoms in total. The standard InChI is InChI=1S/C23H22N2O6S/c1-4-30-23(26)22-18(13-29-2)21-17-11-15(7-10-19(17)25-20(21)12-24-22)31-14-5-8-16(9-6-14)32(3,27)28/h5-12,25H,4,13H2,1-3H3. The Morgan fingerprint density at radius 1 is 1.06 bits per heavy atom. The fourth-order valence-corrected chi connectivity index (χ4v) is 4.18. The topological polar surface area (TPSA) is 108 Å². The van der Waals surface area contributed by atoms with Crippen LogP contribution >= 0.6 is 0 Å². The summed E-state index contributed by atoms with van der Waals surface area (Å²) in [6.07, 6.45) is 2.76. The largest absolute Gasteiger partial charge is 0.461 e. The Morgan fingerprint density at radius 2 is 1.78 bits per heavy atom. The smallest absolute Gasteiger partial charge is 0.357 e. The number of carbonyl (C=O) groups excluding carboxylic acids is 1. The summed E-state index contributed by atoms with van der Waals surface area (Å²) < 4.78 is 39.7. The van der Waals surface area contributed by atoms with Crippen molar-refractivity contribution in [3.05, 3.63) is 59.9 Å². The number of aromatic nitrogens is 2. The van der Waals surface area contributed by atoms with Gasteiger partial charge in [-0.1, -0.05) is 0 Å². The van der Waals surface area contributed by atoms with Crippen LogP contribution in [0.3, 0.4) is 0 Å². The highest BCUT2D eigenvalue weighted by molar-refractivity contribution is 7.90. The number of esters is 1. The van der Waals surface area contributed by atoms with Crippen LogP contribution in [0, 0.1) is 0 Å². The first-order chi connectivity index (χ1) is 15.3. The SMILES string of the molecule is CCOC(=O)c1ncc2[nH]c3ccc(Oc4ccc(S(C)(=O)=O)cc4)cc3c2c1COC. The Morgan fingerprint density at radius 3 is 2.44 bits per heavy atom. The second-order valence-electron chi connectivity index (χ2n) is 7.21. The van der Waals surface area contributed by atoms with Crippen molar-refractivity contribution in [1.82, 2.24) is 9.97 Å². The maximum absolute atomic E-state index is 12.4. The zero-order valence-corrected chi connectivity index (χ0v) is 18.7. The molecule has 0 saturated heterocycles. The summed E-state index contributed by atoms with van der Waals surface area (Å²) >= 11 is 0. The molecule has 2 aromatic heterocycles. The highest BCUT2D eigenvalue weighted by atomic mass is 32.2. The van der Waals surface area contributed by atoms with Crippen molar-refractivity contribution in [2.75, 3.05) is 20.0 Å². The summed E-state index contributed by atoms with van der Waals surface area (Å²) in [4.78, 5) is 20.2. The predicted octanol–water partition coefficient (Wildman–Crippen LogP) is 4.24. The molecule has 2 heterocycles. The molecular formula is C23H22N2O6S. The molecule has 0 aliphatic rings. The minimum Gasteiger partial charge on any atom is -0.461 e. The van der Waals surface area contributed by atoms with E-state index in [1.807, 2.05) is 12.1 Å². The number of methoxy groups -OCH3 is 1. The van der Waals surface area contributed by atoms with Crippen LogP contribution in [-0.4, -0.2) is 44.3 Å². The van der Waals surface area contributed by atoms with Gasteiger partial charge in [-0.3, -0.25) is 0 Å². The average Bonchev–Trinajstić information content (AvgIpc) is 3.12. The van der Waals surface area contributed by atoms with Crippen LogP contribution in [0.25, 0.3) is 21.8 Å². The van der Waals surface area contributed by atoms with Crippen LogP contribution in [0.5, 0.6) is 11.5 Å². The number of H-pyrrole nitrogens is 1. The fraction of sp³-hybridized carbons (Fsp3) is 0.217. The van der Waals surface area contributed by atoms with E-state index in [0.717, 1.165) is 28.1 Å². The van der Waals surface area contributed by atoms with E-state index >= 15 is 0 Å². The number of ether oxygens (including phenoxy) is 3. The number of rotatable bonds is 7. The molecule has 4 rings (SSSR count). The van der Waals surface area contributed by atoms with E-state index < -0.39 is 15.8 Å². The van der Waals surface area contributed by atoms with E-state index in [9.17, 15) is 13.2 Å². The highest BCUT2D eigenvalue weighted by Crippen LogP contribution is 2.34. The summed E-state index contributed by atoms with van der Waals surface area (Å²) in [6, 6.07) is 11.7. The Labute approximate surface area is 185 Å². The molecule has 0 spiro atoms. The van der Waals surface area contributed by atoms with Crippen molar-refractivity contribution in [2.45, 2.75) is 18.4 Å². The van der Waals surface area contributed by atoms with Gasteiger partial charge in [0.2, 0.25) is 0 Å². The molecular weight excluding hydrogens is 432 g/mol. The van der Waals surface area contributed by atoms with Gasteiger partial charge in [-0.15, -0.1) is 0 Å². The van der Waals surface area contributed by atoms with Gasteiger partial charge in [0.05, 0.1) is 29.8 Å². The number of hydrogen-bond acceptors (Lipinski definition) is 7. The monoisotopic (exact) mass is 454 g/mol. The molecule has 0 saturated carbocycles. The summed E-state index contributed by atoms with van der Waals surface area (Å²) in [6.45, 7) is 2.17. The number of carbonyl (C=O) groups is 1. The molecule has 0 atom stereocenters. The molecule has 0 aliphatic heterocycles. The van der Waals surface area contributed by atoms with E-state index in [1.165, 1.54) is 12.1 Å². The van der Waals surface area contributed by atoms with E-state index in [2.05, 4.69) is 9.97 Å². The number of aromatic amines is 1. The van der Waals surface area contributed by atoms with Crippen molar-refractivity contribution in [2.24, 2.45) is 0 Å². The fourth-order valence-electron chi connectivity index (χ4n) is 3.55. The number of benzene rings is 2. The van der Waals surface area contributed by atoms with E-state index in [0.29, 0.717) is 17.1 Å². The summed E-state index contributed by atoms with van der Waals surface area (Å²) in [5, 5.41) is 1.64. The van der Waals surface area contributed by atoms with Crippen molar-refractivity contribution >= 4 is 37.6 Å². The van der Waals surface area contributed by atoms with Gasteiger partial charge < -0.3 is 19.2 Å². The van der Waals surface area contributed by atoms with Crippen LogP contribution in [0.2, 0.25) is 0 Å². The highest BCUT2D eigenvalue weighted by Gasteiger charge is 2.20. The summed E-state index contributed by atoms with van der Waals surface area (Å²) in [5.74, 6) is 0.556. The molecule has 1 N–H and O–H groups in total. The van der Waals surface area contributed by atoms with Gasteiger partial charge in [-0.25, -0.2) is 18.2 Å². The predicted molar refractivity (Wildman–Crippen MR) is 120 cm³/mol. The Balaban J connectivity index is 1.79.